The molecule has 0 amide bonds. The van der Waals surface area contributed by atoms with Gasteiger partial charge in [-0.15, -0.1) is 11.3 Å². The quantitative estimate of drug-likeness (QED) is 0.838. The van der Waals surface area contributed by atoms with E-state index in [1.54, 1.807) is 5.56 Å². The second-order valence-electron chi connectivity index (χ2n) is 5.11. The first-order valence-corrected chi connectivity index (χ1v) is 7.39. The van der Waals surface area contributed by atoms with Gasteiger partial charge in [-0.05, 0) is 42.2 Å². The Bertz CT molecular complexity index is 516. The molecule has 1 N–H and O–H groups in total. The van der Waals surface area contributed by atoms with E-state index in [1.165, 1.54) is 22.9 Å². The Hall–Kier alpha value is -0.860. The summed E-state index contributed by atoms with van der Waals surface area (Å²) < 4.78 is 1.43. The van der Waals surface area contributed by atoms with Crippen molar-refractivity contribution in [3.63, 3.8) is 0 Å². The minimum Gasteiger partial charge on any atom is -0.311 e. The first kappa shape index (κ1) is 11.2. The molecule has 17 heavy (non-hydrogen) atoms. The zero-order valence-electron chi connectivity index (χ0n) is 10.4. The largest absolute Gasteiger partial charge is 0.311 e. The molecule has 1 aliphatic heterocycles. The van der Waals surface area contributed by atoms with Gasteiger partial charge in [0.25, 0.3) is 0 Å². The highest BCUT2D eigenvalue weighted by Crippen LogP contribution is 2.39. The van der Waals surface area contributed by atoms with Crippen molar-refractivity contribution < 1.29 is 0 Å². The highest BCUT2D eigenvalue weighted by molar-refractivity contribution is 7.17. The molecule has 1 fully saturated rings. The summed E-state index contributed by atoms with van der Waals surface area (Å²) in [6.07, 6.45) is 2.50. The summed E-state index contributed by atoms with van der Waals surface area (Å²) >= 11 is 1.89. The van der Waals surface area contributed by atoms with Gasteiger partial charge in [-0.25, -0.2) is 0 Å². The van der Waals surface area contributed by atoms with Crippen LogP contribution in [-0.4, -0.2) is 12.1 Å². The molecule has 0 saturated carbocycles. The first-order chi connectivity index (χ1) is 8.29. The van der Waals surface area contributed by atoms with Gasteiger partial charge in [0, 0.05) is 22.7 Å². The number of benzene rings is 1. The van der Waals surface area contributed by atoms with Gasteiger partial charge in [0.05, 0.1) is 0 Å². The van der Waals surface area contributed by atoms with Crippen LogP contribution in [0, 0.1) is 0 Å². The maximum Gasteiger partial charge on any atom is 0.0345 e. The zero-order chi connectivity index (χ0) is 11.8. The van der Waals surface area contributed by atoms with Crippen LogP contribution in [0.3, 0.4) is 0 Å². The molecule has 0 radical (unpaired) electrons. The molecule has 0 bridgehead atoms. The molecule has 1 aliphatic rings. The van der Waals surface area contributed by atoms with Gasteiger partial charge in [-0.2, -0.15) is 0 Å². The minimum absolute atomic E-state index is 0.656. The fourth-order valence-electron chi connectivity index (χ4n) is 3.13. The summed E-state index contributed by atoms with van der Waals surface area (Å²) in [5.41, 5.74) is 1.56. The van der Waals surface area contributed by atoms with E-state index in [-0.39, 0.29) is 0 Å². The second-order valence-corrected chi connectivity index (χ2v) is 6.02. The molecule has 2 heterocycles. The molecule has 0 aliphatic carbocycles. The molecule has 1 saturated heterocycles. The van der Waals surface area contributed by atoms with E-state index in [9.17, 15) is 0 Å². The number of rotatable bonds is 2. The van der Waals surface area contributed by atoms with Crippen molar-refractivity contribution in [2.75, 3.05) is 0 Å². The van der Waals surface area contributed by atoms with Gasteiger partial charge >= 0.3 is 0 Å². The maximum atomic E-state index is 3.71. The summed E-state index contributed by atoms with van der Waals surface area (Å²) in [6.45, 7) is 4.59. The van der Waals surface area contributed by atoms with E-state index < -0.39 is 0 Å². The van der Waals surface area contributed by atoms with E-state index in [2.05, 4.69) is 48.8 Å². The van der Waals surface area contributed by atoms with Gasteiger partial charge in [-0.1, -0.05) is 25.1 Å². The van der Waals surface area contributed by atoms with Crippen LogP contribution in [0.1, 0.15) is 38.2 Å². The molecule has 3 rings (SSSR count). The first-order valence-electron chi connectivity index (χ1n) is 6.51. The van der Waals surface area contributed by atoms with Crippen LogP contribution in [0.4, 0.5) is 0 Å². The van der Waals surface area contributed by atoms with Gasteiger partial charge in [0.2, 0.25) is 0 Å². The number of hydrogen-bond acceptors (Lipinski definition) is 2. The van der Waals surface area contributed by atoms with Crippen LogP contribution in [0.5, 0.6) is 0 Å². The van der Waals surface area contributed by atoms with Crippen molar-refractivity contribution in [2.45, 2.75) is 44.7 Å². The highest BCUT2D eigenvalue weighted by atomic mass is 32.1. The lowest BCUT2D eigenvalue weighted by Crippen LogP contribution is -2.28. The lowest BCUT2D eigenvalue weighted by Gasteiger charge is -2.17. The third-order valence-corrected chi connectivity index (χ3v) is 4.92. The molecule has 3 atom stereocenters. The Morgan fingerprint density at radius 2 is 2.18 bits per heavy atom. The third kappa shape index (κ3) is 1.90. The summed E-state index contributed by atoms with van der Waals surface area (Å²) in [5, 5.41) is 7.55. The van der Waals surface area contributed by atoms with Crippen LogP contribution >= 0.6 is 11.3 Å². The molecule has 0 spiro atoms. The molecule has 3 unspecified atom stereocenters. The van der Waals surface area contributed by atoms with Crippen molar-refractivity contribution in [2.24, 2.45) is 0 Å². The Labute approximate surface area is 107 Å². The van der Waals surface area contributed by atoms with Crippen LogP contribution in [0.25, 0.3) is 10.1 Å². The number of thiophene rings is 1. The topological polar surface area (TPSA) is 12.0 Å². The molecule has 2 aromatic rings. The van der Waals surface area contributed by atoms with E-state index in [1.807, 2.05) is 11.3 Å². The van der Waals surface area contributed by atoms with E-state index in [4.69, 9.17) is 0 Å². The van der Waals surface area contributed by atoms with Gasteiger partial charge in [0.1, 0.15) is 0 Å². The highest BCUT2D eigenvalue weighted by Gasteiger charge is 2.32. The van der Waals surface area contributed by atoms with Gasteiger partial charge < -0.3 is 5.32 Å². The van der Waals surface area contributed by atoms with Crippen LogP contribution in [0.2, 0.25) is 0 Å². The van der Waals surface area contributed by atoms with Crippen molar-refractivity contribution in [1.29, 1.82) is 0 Å². The second kappa shape index (κ2) is 4.43. The third-order valence-electron chi connectivity index (χ3n) is 3.94. The fraction of sp³-hybridized carbons (Fsp3) is 0.467. The molecule has 2 heteroatoms. The Balaban J connectivity index is 2.03. The molecule has 1 aromatic heterocycles. The van der Waals surface area contributed by atoms with Crippen LogP contribution in [0.15, 0.2) is 29.6 Å². The minimum atomic E-state index is 0.656. The van der Waals surface area contributed by atoms with Gasteiger partial charge in [0.15, 0.2) is 0 Å². The Morgan fingerprint density at radius 1 is 1.35 bits per heavy atom. The fourth-order valence-corrected chi connectivity index (χ4v) is 4.15. The smallest absolute Gasteiger partial charge is 0.0345 e. The summed E-state index contributed by atoms with van der Waals surface area (Å²) in [4.78, 5) is 0. The molecular formula is C15H19NS. The van der Waals surface area contributed by atoms with Crippen molar-refractivity contribution in [3.05, 3.63) is 35.2 Å². The molecule has 1 nitrogen and oxygen atoms in total. The van der Waals surface area contributed by atoms with Crippen molar-refractivity contribution >= 4 is 21.4 Å². The normalized spacial score (nSPS) is 28.9. The van der Waals surface area contributed by atoms with Crippen molar-refractivity contribution in [3.8, 4) is 0 Å². The van der Waals surface area contributed by atoms with Crippen molar-refractivity contribution in [1.82, 2.24) is 5.32 Å². The maximum absolute atomic E-state index is 3.71. The molecule has 1 aromatic carbocycles. The standard InChI is InChI=1S/C15H19NS/c1-3-14-12(8-10(2)16-14)13-9-17-15-7-5-4-6-11(13)15/h4-7,9-10,12,14,16H,3,8H2,1-2H3. The number of fused-ring (bicyclic) bond motifs is 1. The lowest BCUT2D eigenvalue weighted by atomic mass is 9.89. The molecular weight excluding hydrogens is 226 g/mol. The average Bonchev–Trinajstić information content (AvgIpc) is 2.91. The summed E-state index contributed by atoms with van der Waals surface area (Å²) in [7, 11) is 0. The average molecular weight is 245 g/mol. The monoisotopic (exact) mass is 245 g/mol. The number of hydrogen-bond donors (Lipinski definition) is 1. The Morgan fingerprint density at radius 3 is 3.00 bits per heavy atom. The van der Waals surface area contributed by atoms with E-state index >= 15 is 0 Å². The zero-order valence-corrected chi connectivity index (χ0v) is 11.3. The van der Waals surface area contributed by atoms with Gasteiger partial charge in [-0.3, -0.25) is 0 Å². The van der Waals surface area contributed by atoms with Crippen LogP contribution in [-0.2, 0) is 0 Å². The SMILES string of the molecule is CCC1NC(C)CC1c1csc2ccccc12. The lowest BCUT2D eigenvalue weighted by molar-refractivity contribution is 0.519. The predicted octanol–water partition coefficient (Wildman–Crippen LogP) is 4.15. The van der Waals surface area contributed by atoms with E-state index in [0.29, 0.717) is 18.0 Å². The van der Waals surface area contributed by atoms with E-state index in [0.717, 1.165) is 0 Å². The molecule has 90 valence electrons. The predicted molar refractivity (Wildman–Crippen MR) is 75.9 cm³/mol. The summed E-state index contributed by atoms with van der Waals surface area (Å²) in [6, 6.07) is 10.1. The summed E-state index contributed by atoms with van der Waals surface area (Å²) in [5.74, 6) is 0.700. The number of nitrogens with one attached hydrogen (secondary N) is 1. The van der Waals surface area contributed by atoms with Crippen LogP contribution < -0.4 is 5.32 Å². The Kier molecular flexibility index (Phi) is 2.93.